The van der Waals surface area contributed by atoms with E-state index >= 15 is 0 Å². The molecule has 1 aromatic carbocycles. The smallest absolute Gasteiger partial charge is 0.331 e. The number of benzene rings is 1. The van der Waals surface area contributed by atoms with Crippen LogP contribution in [0.3, 0.4) is 0 Å². The van der Waals surface area contributed by atoms with Crippen LogP contribution in [0, 0.1) is 5.82 Å². The highest BCUT2D eigenvalue weighted by Crippen LogP contribution is 2.25. The van der Waals surface area contributed by atoms with Gasteiger partial charge in [-0.1, -0.05) is 18.2 Å². The van der Waals surface area contributed by atoms with Gasteiger partial charge in [-0.15, -0.1) is 11.3 Å². The van der Waals surface area contributed by atoms with Crippen LogP contribution in [0.15, 0.2) is 41.8 Å². The minimum atomic E-state index is -1.03. The maximum atomic E-state index is 13.4. The highest BCUT2D eigenvalue weighted by atomic mass is 32.1. The van der Waals surface area contributed by atoms with Crippen LogP contribution in [0.5, 0.6) is 0 Å². The average molecular weight is 251 g/mol. The first-order valence-electron chi connectivity index (χ1n) is 4.96. The molecule has 1 atom stereocenters. The van der Waals surface area contributed by atoms with Crippen molar-refractivity contribution < 1.29 is 14.3 Å². The Labute approximate surface area is 102 Å². The summed E-state index contributed by atoms with van der Waals surface area (Å²) in [6, 6.07) is 8.55. The number of carbonyl (C=O) groups is 1. The minimum Gasteiger partial charge on any atom is -0.479 e. The highest BCUT2D eigenvalue weighted by Gasteiger charge is 2.21. The van der Waals surface area contributed by atoms with Crippen LogP contribution >= 0.6 is 11.3 Å². The maximum Gasteiger partial charge on any atom is 0.331 e. The molecule has 0 bridgehead atoms. The molecular formula is C12H10FNO2S. The number of aliphatic carboxylic acids is 1. The Morgan fingerprint density at radius 1 is 1.29 bits per heavy atom. The van der Waals surface area contributed by atoms with Crippen LogP contribution in [0.25, 0.3) is 0 Å². The molecule has 3 nitrogen and oxygen atoms in total. The van der Waals surface area contributed by atoms with Crippen molar-refractivity contribution in [2.75, 3.05) is 5.32 Å². The van der Waals surface area contributed by atoms with Gasteiger partial charge < -0.3 is 10.4 Å². The van der Waals surface area contributed by atoms with Gasteiger partial charge in [-0.3, -0.25) is 0 Å². The molecule has 88 valence electrons. The fraction of sp³-hybridized carbons (Fsp3) is 0.0833. The second-order valence-corrected chi connectivity index (χ2v) is 4.39. The third-order valence-corrected chi connectivity index (χ3v) is 3.19. The molecule has 0 saturated heterocycles. The van der Waals surface area contributed by atoms with E-state index in [-0.39, 0.29) is 5.69 Å². The number of nitrogens with one attached hydrogen (secondary N) is 1. The van der Waals surface area contributed by atoms with E-state index in [2.05, 4.69) is 5.32 Å². The summed E-state index contributed by atoms with van der Waals surface area (Å²) in [5.41, 5.74) is 0.188. The molecule has 0 aliphatic heterocycles. The largest absolute Gasteiger partial charge is 0.479 e. The van der Waals surface area contributed by atoms with Crippen molar-refractivity contribution >= 4 is 23.0 Å². The Kier molecular flexibility index (Phi) is 3.39. The first-order chi connectivity index (χ1) is 8.18. The molecule has 0 amide bonds. The fourth-order valence-electron chi connectivity index (χ4n) is 1.44. The number of rotatable bonds is 4. The fourth-order valence-corrected chi connectivity index (χ4v) is 2.21. The normalized spacial score (nSPS) is 12.1. The Balaban J connectivity index is 2.26. The van der Waals surface area contributed by atoms with E-state index in [1.54, 1.807) is 29.6 Å². The van der Waals surface area contributed by atoms with Gasteiger partial charge in [0, 0.05) is 4.88 Å². The first kappa shape index (κ1) is 11.6. The monoisotopic (exact) mass is 251 g/mol. The third kappa shape index (κ3) is 2.62. The number of hydrogen-bond acceptors (Lipinski definition) is 3. The number of hydrogen-bond donors (Lipinski definition) is 2. The Hall–Kier alpha value is -1.88. The van der Waals surface area contributed by atoms with Crippen molar-refractivity contribution in [3.05, 3.63) is 52.5 Å². The van der Waals surface area contributed by atoms with E-state index in [0.717, 1.165) is 0 Å². The molecule has 0 fully saturated rings. The number of thiophene rings is 1. The SMILES string of the molecule is O=C(O)[C@@H](Nc1ccccc1F)c1cccs1. The van der Waals surface area contributed by atoms with Gasteiger partial charge in [0.2, 0.25) is 0 Å². The van der Waals surface area contributed by atoms with E-state index < -0.39 is 17.8 Å². The molecule has 0 spiro atoms. The van der Waals surface area contributed by atoms with Gasteiger partial charge in [0.1, 0.15) is 5.82 Å². The van der Waals surface area contributed by atoms with Crippen molar-refractivity contribution in [1.29, 1.82) is 0 Å². The molecule has 17 heavy (non-hydrogen) atoms. The van der Waals surface area contributed by atoms with Crippen LogP contribution in [0.4, 0.5) is 10.1 Å². The number of halogens is 1. The van der Waals surface area contributed by atoms with Crippen LogP contribution < -0.4 is 5.32 Å². The van der Waals surface area contributed by atoms with Gasteiger partial charge in [-0.25, -0.2) is 9.18 Å². The molecule has 2 aromatic rings. The lowest BCUT2D eigenvalue weighted by Crippen LogP contribution is -2.19. The summed E-state index contributed by atoms with van der Waals surface area (Å²) < 4.78 is 13.4. The topological polar surface area (TPSA) is 49.3 Å². The van der Waals surface area contributed by atoms with Gasteiger partial charge >= 0.3 is 5.97 Å². The van der Waals surface area contributed by atoms with Gasteiger partial charge in [-0.05, 0) is 23.6 Å². The molecule has 0 unspecified atom stereocenters. The predicted molar refractivity (Wildman–Crippen MR) is 64.7 cm³/mol. The number of carboxylic acid groups (broad SMARTS) is 1. The number of anilines is 1. The summed E-state index contributed by atoms with van der Waals surface area (Å²) >= 11 is 1.32. The lowest BCUT2D eigenvalue weighted by Gasteiger charge is -2.14. The van der Waals surface area contributed by atoms with E-state index in [0.29, 0.717) is 4.88 Å². The van der Waals surface area contributed by atoms with Crippen molar-refractivity contribution in [1.82, 2.24) is 0 Å². The lowest BCUT2D eigenvalue weighted by atomic mass is 10.2. The number of carboxylic acids is 1. The summed E-state index contributed by atoms with van der Waals surface area (Å²) in [6.45, 7) is 0. The molecular weight excluding hydrogens is 241 g/mol. The van der Waals surface area contributed by atoms with Crippen LogP contribution in [-0.2, 0) is 4.79 Å². The van der Waals surface area contributed by atoms with Gasteiger partial charge in [0.05, 0.1) is 5.69 Å². The van der Waals surface area contributed by atoms with E-state index in [1.165, 1.54) is 23.5 Å². The summed E-state index contributed by atoms with van der Waals surface area (Å²) in [6.07, 6.45) is 0. The summed E-state index contributed by atoms with van der Waals surface area (Å²) in [5, 5.41) is 13.6. The van der Waals surface area contributed by atoms with E-state index in [4.69, 9.17) is 5.11 Å². The second-order valence-electron chi connectivity index (χ2n) is 3.41. The summed E-state index contributed by atoms with van der Waals surface area (Å²) in [7, 11) is 0. The van der Waals surface area contributed by atoms with Crippen molar-refractivity contribution in [3.63, 3.8) is 0 Å². The van der Waals surface area contributed by atoms with Crippen molar-refractivity contribution in [2.45, 2.75) is 6.04 Å². The van der Waals surface area contributed by atoms with Gasteiger partial charge in [-0.2, -0.15) is 0 Å². The molecule has 5 heteroatoms. The summed E-state index contributed by atoms with van der Waals surface area (Å²) in [5.74, 6) is -1.49. The molecule has 0 radical (unpaired) electrons. The molecule has 1 aromatic heterocycles. The zero-order valence-electron chi connectivity index (χ0n) is 8.76. The Morgan fingerprint density at radius 3 is 2.65 bits per heavy atom. The molecule has 0 aliphatic carbocycles. The summed E-state index contributed by atoms with van der Waals surface area (Å²) in [4.78, 5) is 11.8. The average Bonchev–Trinajstić information content (AvgIpc) is 2.81. The minimum absolute atomic E-state index is 0.188. The van der Waals surface area contributed by atoms with Crippen LogP contribution in [0.2, 0.25) is 0 Å². The second kappa shape index (κ2) is 4.97. The quantitative estimate of drug-likeness (QED) is 0.877. The van der Waals surface area contributed by atoms with E-state index in [1.807, 2.05) is 0 Å². The van der Waals surface area contributed by atoms with Gasteiger partial charge in [0.25, 0.3) is 0 Å². The standard InChI is InChI=1S/C12H10FNO2S/c13-8-4-1-2-5-9(8)14-11(12(15)16)10-6-3-7-17-10/h1-7,11,14H,(H,15,16)/t11-/m0/s1. The Bertz CT molecular complexity index is 513. The molecule has 0 aliphatic rings. The maximum absolute atomic E-state index is 13.4. The van der Waals surface area contributed by atoms with Crippen molar-refractivity contribution in [2.24, 2.45) is 0 Å². The molecule has 1 heterocycles. The van der Waals surface area contributed by atoms with Crippen LogP contribution in [0.1, 0.15) is 10.9 Å². The zero-order chi connectivity index (χ0) is 12.3. The number of para-hydroxylation sites is 1. The zero-order valence-corrected chi connectivity index (χ0v) is 9.58. The van der Waals surface area contributed by atoms with E-state index in [9.17, 15) is 9.18 Å². The highest BCUT2D eigenvalue weighted by molar-refractivity contribution is 7.10. The first-order valence-corrected chi connectivity index (χ1v) is 5.83. The van der Waals surface area contributed by atoms with Crippen molar-refractivity contribution in [3.8, 4) is 0 Å². The third-order valence-electron chi connectivity index (χ3n) is 2.25. The van der Waals surface area contributed by atoms with Gasteiger partial charge in [0.15, 0.2) is 6.04 Å². The molecule has 0 saturated carbocycles. The lowest BCUT2D eigenvalue weighted by molar-refractivity contribution is -0.138. The van der Waals surface area contributed by atoms with Crippen LogP contribution in [-0.4, -0.2) is 11.1 Å². The molecule has 2 rings (SSSR count). The Morgan fingerprint density at radius 2 is 2.06 bits per heavy atom. The predicted octanol–water partition coefficient (Wildman–Crippen LogP) is 3.13. The molecule has 2 N–H and O–H groups in total.